The molecule has 15 heteroatoms. The second-order valence-corrected chi connectivity index (χ2v) is 12.6. The zero-order valence-corrected chi connectivity index (χ0v) is 26.5. The number of piperazine rings is 1. The molecule has 2 aliphatic rings. The molecule has 0 spiro atoms. The molecule has 3 heterocycles. The minimum absolute atomic E-state index is 0.0230. The van der Waals surface area contributed by atoms with Crippen LogP contribution >= 0.6 is 7.60 Å². The van der Waals surface area contributed by atoms with Gasteiger partial charge in [0.05, 0.1) is 18.0 Å². The van der Waals surface area contributed by atoms with Crippen molar-refractivity contribution in [1.29, 1.82) is 0 Å². The number of rotatable bonds is 9. The maximum atomic E-state index is 14.0. The molecule has 3 N–H and O–H groups in total. The van der Waals surface area contributed by atoms with Crippen LogP contribution in [-0.2, 0) is 18.8 Å². The lowest BCUT2D eigenvalue weighted by Gasteiger charge is -2.36. The highest BCUT2D eigenvalue weighted by Crippen LogP contribution is 2.33. The third-order valence-corrected chi connectivity index (χ3v) is 8.95. The molecular weight excluding hydrogens is 615 g/mol. The van der Waals surface area contributed by atoms with Gasteiger partial charge in [0.25, 0.3) is 5.91 Å². The predicted molar refractivity (Wildman–Crippen MR) is 169 cm³/mol. The van der Waals surface area contributed by atoms with Crippen LogP contribution in [0.2, 0.25) is 0 Å². The Morgan fingerprint density at radius 1 is 0.978 bits per heavy atom. The van der Waals surface area contributed by atoms with Gasteiger partial charge in [-0.05, 0) is 31.0 Å². The number of nitrogens with one attached hydrogen (secondary N) is 1. The summed E-state index contributed by atoms with van der Waals surface area (Å²) in [5, 5.41) is 2.59. The molecule has 2 saturated heterocycles. The largest absolute Gasteiger partial charge is 0.450 e. The lowest BCUT2D eigenvalue weighted by Crippen LogP contribution is -2.53. The van der Waals surface area contributed by atoms with Gasteiger partial charge in [0, 0.05) is 58.0 Å². The van der Waals surface area contributed by atoms with Crippen molar-refractivity contribution in [1.82, 2.24) is 25.1 Å². The Labute approximate surface area is 266 Å². The Balaban J connectivity index is 1.45. The molecule has 5 rings (SSSR count). The smallest absolute Gasteiger partial charge is 0.409 e. The number of hydrogen-bond acceptors (Lipinski definition) is 9. The van der Waals surface area contributed by atoms with Crippen LogP contribution in [0.4, 0.5) is 10.6 Å². The van der Waals surface area contributed by atoms with Crippen molar-refractivity contribution in [3.05, 3.63) is 71.9 Å². The first-order valence-corrected chi connectivity index (χ1v) is 16.6. The zero-order chi connectivity index (χ0) is 32.8. The summed E-state index contributed by atoms with van der Waals surface area (Å²) in [6.07, 6.45) is 0.360. The number of methoxy groups -OCH3 is 1. The number of carbonyl (C=O) groups excluding carboxylic acids is 3. The van der Waals surface area contributed by atoms with E-state index in [0.29, 0.717) is 35.9 Å². The predicted octanol–water partition coefficient (Wildman–Crippen LogP) is 1.94. The minimum Gasteiger partial charge on any atom is -0.450 e. The van der Waals surface area contributed by atoms with Gasteiger partial charge in [0.1, 0.15) is 17.6 Å². The number of amides is 3. The fourth-order valence-electron chi connectivity index (χ4n) is 5.42. The molecule has 0 radical (unpaired) electrons. The van der Waals surface area contributed by atoms with Crippen molar-refractivity contribution in [3.63, 3.8) is 0 Å². The van der Waals surface area contributed by atoms with Gasteiger partial charge >= 0.3 is 13.7 Å². The van der Waals surface area contributed by atoms with E-state index in [2.05, 4.69) is 10.3 Å². The molecule has 2 aromatic carbocycles. The number of benzene rings is 2. The highest BCUT2D eigenvalue weighted by atomic mass is 31.2. The summed E-state index contributed by atoms with van der Waals surface area (Å²) in [6.45, 7) is 4.12. The highest BCUT2D eigenvalue weighted by molar-refractivity contribution is 7.60. The fourth-order valence-corrected chi connectivity index (χ4v) is 5.96. The summed E-state index contributed by atoms with van der Waals surface area (Å²) < 4.78 is 22.4. The van der Waals surface area contributed by atoms with E-state index in [1.54, 1.807) is 20.1 Å². The Hall–Kier alpha value is -4.36. The first kappa shape index (κ1) is 33.0. The van der Waals surface area contributed by atoms with E-state index in [1.807, 2.05) is 35.2 Å². The summed E-state index contributed by atoms with van der Waals surface area (Å²) in [5.41, 5.74) is 1.07. The van der Waals surface area contributed by atoms with Gasteiger partial charge in [-0.1, -0.05) is 42.5 Å². The minimum atomic E-state index is -4.54. The summed E-state index contributed by atoms with van der Waals surface area (Å²) in [5.74, 6) is -0.192. The van der Waals surface area contributed by atoms with Crippen LogP contribution in [0.1, 0.15) is 35.4 Å². The van der Waals surface area contributed by atoms with Gasteiger partial charge in [-0.25, -0.2) is 14.8 Å². The molecule has 2 fully saturated rings. The molecule has 0 bridgehead atoms. The summed E-state index contributed by atoms with van der Waals surface area (Å²) in [7, 11) is -2.88. The molecule has 46 heavy (non-hydrogen) atoms. The van der Waals surface area contributed by atoms with Gasteiger partial charge in [-0.15, -0.1) is 0 Å². The topological polar surface area (TPSA) is 175 Å². The molecule has 244 valence electrons. The normalized spacial score (nSPS) is 17.5. The van der Waals surface area contributed by atoms with Gasteiger partial charge in [-0.2, -0.15) is 0 Å². The van der Waals surface area contributed by atoms with Crippen LogP contribution < -0.4 is 15.5 Å². The standard InChI is InChI=1S/C31H37N6O8P/c1-3-45-31(40)36-17-15-35(16-18-36)30(39)27(21-9-11-24(12-10-21)46(41,42)43)34-29(38)25-19-26(37-14-13-23(20-37)44-2)33-28(32-25)22-7-5-4-6-8-22/h4-12,19,23,27H,3,13-18,20H2,1-2H3,(H,34,38)(H2,41,42,43)/t23-,27?/m0/s1. The molecule has 3 aromatic rings. The SMILES string of the molecule is CCOC(=O)N1CCN(C(=O)C(NC(=O)c2cc(N3CC[C@H](OC)C3)nc(-c3ccccc3)n2)c2ccc(P(=O)(O)O)cc2)CC1. The molecule has 14 nitrogen and oxygen atoms in total. The van der Waals surface area contributed by atoms with Gasteiger partial charge in [0.15, 0.2) is 5.82 Å². The monoisotopic (exact) mass is 652 g/mol. The van der Waals surface area contributed by atoms with Crippen molar-refractivity contribution in [3.8, 4) is 11.4 Å². The molecule has 3 amide bonds. The maximum absolute atomic E-state index is 14.0. The number of carbonyl (C=O) groups is 3. The van der Waals surface area contributed by atoms with E-state index in [4.69, 9.17) is 14.5 Å². The Kier molecular flexibility index (Phi) is 10.3. The Bertz CT molecular complexity index is 1590. The second kappa shape index (κ2) is 14.4. The van der Waals surface area contributed by atoms with E-state index in [9.17, 15) is 28.7 Å². The molecule has 1 aromatic heterocycles. The quantitative estimate of drug-likeness (QED) is 0.288. The van der Waals surface area contributed by atoms with Crippen molar-refractivity contribution < 1.29 is 38.2 Å². The van der Waals surface area contributed by atoms with Crippen LogP contribution in [0.25, 0.3) is 11.4 Å². The number of aromatic nitrogens is 2. The molecule has 0 saturated carbocycles. The number of nitrogens with zero attached hydrogens (tertiary/aromatic N) is 5. The average Bonchev–Trinajstić information content (AvgIpc) is 3.57. The van der Waals surface area contributed by atoms with E-state index in [-0.39, 0.29) is 49.9 Å². The molecule has 1 unspecified atom stereocenters. The number of anilines is 1. The highest BCUT2D eigenvalue weighted by Gasteiger charge is 2.33. The van der Waals surface area contributed by atoms with Crippen molar-refractivity contribution in [2.45, 2.75) is 25.5 Å². The molecular formula is C31H37N6O8P. The fraction of sp³-hybridized carbons (Fsp3) is 0.387. The third kappa shape index (κ3) is 7.71. The van der Waals surface area contributed by atoms with E-state index in [1.165, 1.54) is 34.1 Å². The number of hydrogen-bond donors (Lipinski definition) is 3. The zero-order valence-electron chi connectivity index (χ0n) is 25.6. The second-order valence-electron chi connectivity index (χ2n) is 10.9. The number of ether oxygens (including phenoxy) is 2. The van der Waals surface area contributed by atoms with Crippen molar-refractivity contribution >= 4 is 36.6 Å². The summed E-state index contributed by atoms with van der Waals surface area (Å²) in [6, 6.07) is 14.9. The maximum Gasteiger partial charge on any atom is 0.409 e. The third-order valence-electron chi connectivity index (χ3n) is 7.98. The average molecular weight is 653 g/mol. The van der Waals surface area contributed by atoms with Crippen LogP contribution in [-0.4, -0.2) is 107 Å². The summed E-state index contributed by atoms with van der Waals surface area (Å²) in [4.78, 5) is 73.6. The Morgan fingerprint density at radius 2 is 1.65 bits per heavy atom. The van der Waals surface area contributed by atoms with E-state index in [0.717, 1.165) is 6.42 Å². The van der Waals surface area contributed by atoms with Crippen LogP contribution in [0.3, 0.4) is 0 Å². The molecule has 0 aliphatic carbocycles. The van der Waals surface area contributed by atoms with Crippen LogP contribution in [0.15, 0.2) is 60.7 Å². The molecule has 2 atom stereocenters. The van der Waals surface area contributed by atoms with Crippen molar-refractivity contribution in [2.24, 2.45) is 0 Å². The first-order valence-electron chi connectivity index (χ1n) is 15.0. The van der Waals surface area contributed by atoms with Crippen LogP contribution in [0, 0.1) is 0 Å². The first-order chi connectivity index (χ1) is 22.1. The van der Waals surface area contributed by atoms with Crippen molar-refractivity contribution in [2.75, 3.05) is 57.9 Å². The van der Waals surface area contributed by atoms with Gasteiger partial charge < -0.3 is 39.3 Å². The Morgan fingerprint density at radius 3 is 2.26 bits per heavy atom. The molecule has 2 aliphatic heterocycles. The van der Waals surface area contributed by atoms with Gasteiger partial charge in [0.2, 0.25) is 5.91 Å². The van der Waals surface area contributed by atoms with E-state index >= 15 is 0 Å². The van der Waals surface area contributed by atoms with Gasteiger partial charge in [-0.3, -0.25) is 14.2 Å². The van der Waals surface area contributed by atoms with Crippen LogP contribution in [0.5, 0.6) is 0 Å². The van der Waals surface area contributed by atoms with E-state index < -0.39 is 31.5 Å². The lowest BCUT2D eigenvalue weighted by atomic mass is 10.0. The lowest BCUT2D eigenvalue weighted by molar-refractivity contribution is -0.135. The summed E-state index contributed by atoms with van der Waals surface area (Å²) >= 11 is 0.